The van der Waals surface area contributed by atoms with Gasteiger partial charge in [-0.3, -0.25) is 9.69 Å². The van der Waals surface area contributed by atoms with Crippen LogP contribution in [0.25, 0.3) is 0 Å². The molecule has 0 aliphatic carbocycles. The Hall–Kier alpha value is -2.94. The van der Waals surface area contributed by atoms with Gasteiger partial charge in [-0.15, -0.1) is 0 Å². The monoisotopic (exact) mass is 552 g/mol. The molecular formula is C31H40N2O5S. The molecule has 2 aromatic carbocycles. The zero-order chi connectivity index (χ0) is 28.0. The molecule has 0 unspecified atom stereocenters. The third-order valence-corrected chi connectivity index (χ3v) is 9.01. The molecular weight excluding hydrogens is 512 g/mol. The number of hydrogen-bond donors (Lipinski definition) is 0. The van der Waals surface area contributed by atoms with Crippen molar-refractivity contribution < 1.29 is 17.6 Å². The predicted octanol–water partition coefficient (Wildman–Crippen LogP) is 5.37. The average molecular weight is 553 g/mol. The second-order valence-corrected chi connectivity index (χ2v) is 13.2. The van der Waals surface area contributed by atoms with Crippen molar-refractivity contribution >= 4 is 10.0 Å². The highest BCUT2D eigenvalue weighted by molar-refractivity contribution is 7.89. The van der Waals surface area contributed by atoms with Crippen molar-refractivity contribution in [2.45, 2.75) is 70.4 Å². The van der Waals surface area contributed by atoms with E-state index < -0.39 is 10.0 Å². The zero-order valence-electron chi connectivity index (χ0n) is 23.5. The first-order valence-electron chi connectivity index (χ1n) is 13.7. The van der Waals surface area contributed by atoms with Gasteiger partial charge in [0.15, 0.2) is 0 Å². The van der Waals surface area contributed by atoms with Gasteiger partial charge in [-0.25, -0.2) is 8.42 Å². The first-order valence-corrected chi connectivity index (χ1v) is 15.2. The van der Waals surface area contributed by atoms with Gasteiger partial charge in [0.05, 0.1) is 11.4 Å². The van der Waals surface area contributed by atoms with Gasteiger partial charge in [0.2, 0.25) is 21.2 Å². The molecule has 0 atom stereocenters. The lowest BCUT2D eigenvalue weighted by Crippen LogP contribution is -2.35. The van der Waals surface area contributed by atoms with Crippen molar-refractivity contribution in [1.29, 1.82) is 0 Å². The SMILES string of the molecule is CCCc1ccc(S(=O)(=O)N2CCCN(Cc3cc(=O)c(OCc4ccc(C(C)(C)C)cc4)co3)CC2)cc1. The molecule has 3 aromatic rings. The molecule has 1 saturated heterocycles. The van der Waals surface area contributed by atoms with Crippen LogP contribution in [0, 0.1) is 0 Å². The van der Waals surface area contributed by atoms with Crippen LogP contribution >= 0.6 is 0 Å². The number of nitrogens with zero attached hydrogens (tertiary/aromatic N) is 2. The number of benzene rings is 2. The molecule has 0 N–H and O–H groups in total. The number of sulfonamides is 1. The van der Waals surface area contributed by atoms with Gasteiger partial charge < -0.3 is 9.15 Å². The smallest absolute Gasteiger partial charge is 0.243 e. The minimum Gasteiger partial charge on any atom is -0.482 e. The molecule has 1 fully saturated rings. The van der Waals surface area contributed by atoms with Crippen molar-refractivity contribution in [3.8, 4) is 5.75 Å². The van der Waals surface area contributed by atoms with Crippen LogP contribution in [0.3, 0.4) is 0 Å². The lowest BCUT2D eigenvalue weighted by molar-refractivity contribution is 0.245. The largest absolute Gasteiger partial charge is 0.482 e. The number of hydrogen-bond acceptors (Lipinski definition) is 6. The van der Waals surface area contributed by atoms with Gasteiger partial charge >= 0.3 is 0 Å². The van der Waals surface area contributed by atoms with E-state index in [1.54, 1.807) is 16.4 Å². The third-order valence-electron chi connectivity index (χ3n) is 7.09. The minimum atomic E-state index is -3.55. The standard InChI is InChI=1S/C31H40N2O5S/c1-5-7-24-10-14-28(15-11-24)39(35,36)33-17-6-16-32(18-19-33)21-27-20-29(34)30(23-37-27)38-22-25-8-12-26(13-9-25)31(2,3)4/h8-15,20,23H,5-7,16-19,21-22H2,1-4H3. The van der Waals surface area contributed by atoms with E-state index in [9.17, 15) is 13.2 Å². The second kappa shape index (κ2) is 12.5. The molecule has 0 saturated carbocycles. The summed E-state index contributed by atoms with van der Waals surface area (Å²) in [5, 5.41) is 0. The molecule has 0 bridgehead atoms. The van der Waals surface area contributed by atoms with E-state index >= 15 is 0 Å². The number of ether oxygens (including phenoxy) is 1. The molecule has 210 valence electrons. The van der Waals surface area contributed by atoms with Crippen LogP contribution in [-0.4, -0.2) is 43.8 Å². The first-order chi connectivity index (χ1) is 18.6. The summed E-state index contributed by atoms with van der Waals surface area (Å²) in [4.78, 5) is 15.1. The molecule has 7 nitrogen and oxygen atoms in total. The summed E-state index contributed by atoms with van der Waals surface area (Å²) in [7, 11) is -3.55. The van der Waals surface area contributed by atoms with E-state index in [1.807, 2.05) is 24.3 Å². The summed E-state index contributed by atoms with van der Waals surface area (Å²) in [5.74, 6) is 0.710. The van der Waals surface area contributed by atoms with Gasteiger partial charge in [0.1, 0.15) is 18.6 Å². The minimum absolute atomic E-state index is 0.0799. The Labute approximate surface area is 232 Å². The van der Waals surface area contributed by atoms with Gasteiger partial charge in [0, 0.05) is 25.7 Å². The lowest BCUT2D eigenvalue weighted by atomic mass is 9.87. The molecule has 1 aliphatic rings. The van der Waals surface area contributed by atoms with Crippen LogP contribution in [-0.2, 0) is 35.0 Å². The van der Waals surface area contributed by atoms with Gasteiger partial charge in [-0.2, -0.15) is 4.31 Å². The molecule has 0 radical (unpaired) electrons. The quantitative estimate of drug-likeness (QED) is 0.355. The van der Waals surface area contributed by atoms with Crippen molar-refractivity contribution in [2.75, 3.05) is 26.2 Å². The first kappa shape index (κ1) is 29.1. The molecule has 1 aromatic heterocycles. The fourth-order valence-electron chi connectivity index (χ4n) is 4.72. The van der Waals surface area contributed by atoms with Crippen molar-refractivity contribution in [3.05, 3.63) is 93.5 Å². The average Bonchev–Trinajstić information content (AvgIpc) is 3.15. The zero-order valence-corrected chi connectivity index (χ0v) is 24.3. The highest BCUT2D eigenvalue weighted by atomic mass is 32.2. The summed E-state index contributed by atoms with van der Waals surface area (Å²) < 4.78 is 39.5. The Bertz CT molecular complexity index is 1390. The topological polar surface area (TPSA) is 80.1 Å². The summed E-state index contributed by atoms with van der Waals surface area (Å²) in [5.41, 5.74) is 3.22. The van der Waals surface area contributed by atoms with Crippen LogP contribution in [0.4, 0.5) is 0 Å². The van der Waals surface area contributed by atoms with Crippen LogP contribution in [0.5, 0.6) is 5.75 Å². The van der Waals surface area contributed by atoms with Gasteiger partial charge in [0.25, 0.3) is 0 Å². The summed E-state index contributed by atoms with van der Waals surface area (Å²) >= 11 is 0. The van der Waals surface area contributed by atoms with Crippen LogP contribution in [0.1, 0.15) is 63.0 Å². The maximum atomic E-state index is 13.2. The van der Waals surface area contributed by atoms with E-state index in [4.69, 9.17) is 9.15 Å². The van der Waals surface area contributed by atoms with Crippen molar-refractivity contribution in [3.63, 3.8) is 0 Å². The van der Waals surface area contributed by atoms with Crippen LogP contribution in [0.15, 0.2) is 75.0 Å². The molecule has 4 rings (SSSR count). The lowest BCUT2D eigenvalue weighted by Gasteiger charge is -2.21. The summed E-state index contributed by atoms with van der Waals surface area (Å²) in [6.45, 7) is 11.5. The highest BCUT2D eigenvalue weighted by Gasteiger charge is 2.27. The van der Waals surface area contributed by atoms with Crippen LogP contribution in [0.2, 0.25) is 0 Å². The Morgan fingerprint density at radius 2 is 1.62 bits per heavy atom. The summed E-state index contributed by atoms with van der Waals surface area (Å²) in [6, 6.07) is 16.9. The fourth-order valence-corrected chi connectivity index (χ4v) is 6.19. The molecule has 8 heteroatoms. The van der Waals surface area contributed by atoms with Crippen molar-refractivity contribution in [2.24, 2.45) is 0 Å². The molecule has 1 aliphatic heterocycles. The molecule has 2 heterocycles. The molecule has 0 spiro atoms. The van der Waals surface area contributed by atoms with Gasteiger partial charge in [-0.05, 0) is 53.6 Å². The van der Waals surface area contributed by atoms with E-state index in [0.29, 0.717) is 49.8 Å². The fraction of sp³-hybridized carbons (Fsp3) is 0.452. The maximum Gasteiger partial charge on any atom is 0.243 e. The Morgan fingerprint density at radius 3 is 2.26 bits per heavy atom. The van der Waals surface area contributed by atoms with Gasteiger partial charge in [-0.1, -0.05) is 70.5 Å². The number of aryl methyl sites for hydroxylation is 1. The molecule has 0 amide bonds. The Balaban J connectivity index is 1.32. The van der Waals surface area contributed by atoms with E-state index in [0.717, 1.165) is 24.0 Å². The van der Waals surface area contributed by atoms with E-state index in [1.165, 1.54) is 17.9 Å². The summed E-state index contributed by atoms with van der Waals surface area (Å²) in [6.07, 6.45) is 4.04. The van der Waals surface area contributed by atoms with Crippen LogP contribution < -0.4 is 10.2 Å². The predicted molar refractivity (Wildman–Crippen MR) is 154 cm³/mol. The second-order valence-electron chi connectivity index (χ2n) is 11.2. The maximum absolute atomic E-state index is 13.2. The normalized spacial score (nSPS) is 15.7. The Kier molecular flexibility index (Phi) is 9.31. The highest BCUT2D eigenvalue weighted by Crippen LogP contribution is 2.23. The Morgan fingerprint density at radius 1 is 0.923 bits per heavy atom. The third kappa shape index (κ3) is 7.59. The van der Waals surface area contributed by atoms with Crippen molar-refractivity contribution in [1.82, 2.24) is 9.21 Å². The van der Waals surface area contributed by atoms with E-state index in [-0.39, 0.29) is 23.2 Å². The van der Waals surface area contributed by atoms with E-state index in [2.05, 4.69) is 44.7 Å². The number of rotatable bonds is 9. The molecule has 39 heavy (non-hydrogen) atoms.